The minimum absolute atomic E-state index is 0.0742. The lowest BCUT2D eigenvalue weighted by Gasteiger charge is -2.05. The van der Waals surface area contributed by atoms with Gasteiger partial charge in [-0.25, -0.2) is 4.98 Å². The largest absolute Gasteiger partial charge is 0.466 e. The Kier molecular flexibility index (Phi) is 4.87. The van der Waals surface area contributed by atoms with Crippen molar-refractivity contribution in [3.63, 3.8) is 0 Å². The van der Waals surface area contributed by atoms with Gasteiger partial charge in [-0.05, 0) is 12.8 Å². The van der Waals surface area contributed by atoms with Crippen LogP contribution in [0.4, 0.5) is 5.95 Å². The van der Waals surface area contributed by atoms with E-state index in [1.807, 2.05) is 0 Å². The Bertz CT molecular complexity index is 748. The second-order valence-electron chi connectivity index (χ2n) is 4.75. The predicted molar refractivity (Wildman–Crippen MR) is 78.3 cm³/mol. The third kappa shape index (κ3) is 3.90. The lowest BCUT2D eigenvalue weighted by Crippen LogP contribution is -2.17. The molecule has 0 aliphatic carbocycles. The standard InChI is InChI=1S/C13H17N5O4/c1-8(19)15-13-16-11-10(12(21)17-13)18(7-14-11)5-3-4-6-22-9(2)20/h7H,3-6H2,1-2H3,(H2,15,16,17,19,21). The highest BCUT2D eigenvalue weighted by Crippen LogP contribution is 2.08. The maximum absolute atomic E-state index is 12.1. The molecule has 0 radical (unpaired) electrons. The highest BCUT2D eigenvalue weighted by Gasteiger charge is 2.11. The normalized spacial score (nSPS) is 10.6. The van der Waals surface area contributed by atoms with Gasteiger partial charge in [-0.3, -0.25) is 24.7 Å². The smallest absolute Gasteiger partial charge is 0.302 e. The van der Waals surface area contributed by atoms with Crippen molar-refractivity contribution in [3.8, 4) is 0 Å². The summed E-state index contributed by atoms with van der Waals surface area (Å²) in [4.78, 5) is 44.3. The van der Waals surface area contributed by atoms with Crippen LogP contribution in [0.5, 0.6) is 0 Å². The number of rotatable bonds is 6. The lowest BCUT2D eigenvalue weighted by molar-refractivity contribution is -0.141. The summed E-state index contributed by atoms with van der Waals surface area (Å²) in [5.41, 5.74) is 0.250. The molecule has 2 aromatic heterocycles. The van der Waals surface area contributed by atoms with E-state index in [0.717, 1.165) is 6.42 Å². The van der Waals surface area contributed by atoms with Crippen LogP contribution in [0, 0.1) is 0 Å². The molecular weight excluding hydrogens is 290 g/mol. The van der Waals surface area contributed by atoms with Crippen LogP contribution < -0.4 is 10.9 Å². The molecule has 0 fully saturated rings. The van der Waals surface area contributed by atoms with Gasteiger partial charge in [0, 0.05) is 20.4 Å². The Hall–Kier alpha value is -2.71. The number of nitrogens with one attached hydrogen (secondary N) is 2. The Morgan fingerprint density at radius 3 is 2.82 bits per heavy atom. The van der Waals surface area contributed by atoms with Crippen molar-refractivity contribution in [1.82, 2.24) is 19.5 Å². The Balaban J connectivity index is 2.07. The molecule has 2 heterocycles. The van der Waals surface area contributed by atoms with Crippen LogP contribution >= 0.6 is 0 Å². The van der Waals surface area contributed by atoms with E-state index in [-0.39, 0.29) is 29.0 Å². The molecule has 1 amide bonds. The van der Waals surface area contributed by atoms with E-state index < -0.39 is 0 Å². The molecule has 2 rings (SSSR count). The van der Waals surface area contributed by atoms with Gasteiger partial charge >= 0.3 is 5.97 Å². The van der Waals surface area contributed by atoms with Crippen LogP contribution in [0.15, 0.2) is 11.1 Å². The van der Waals surface area contributed by atoms with E-state index in [4.69, 9.17) is 4.74 Å². The van der Waals surface area contributed by atoms with Crippen molar-refractivity contribution in [2.45, 2.75) is 33.2 Å². The molecule has 118 valence electrons. The summed E-state index contributed by atoms with van der Waals surface area (Å²) < 4.78 is 6.53. The third-order valence-electron chi connectivity index (χ3n) is 2.88. The number of aromatic amines is 1. The summed E-state index contributed by atoms with van der Waals surface area (Å²) in [6.07, 6.45) is 2.94. The zero-order valence-electron chi connectivity index (χ0n) is 12.4. The first-order valence-electron chi connectivity index (χ1n) is 6.83. The molecule has 9 nitrogen and oxygen atoms in total. The molecule has 22 heavy (non-hydrogen) atoms. The number of anilines is 1. The topological polar surface area (TPSA) is 119 Å². The first-order valence-corrected chi connectivity index (χ1v) is 6.83. The summed E-state index contributed by atoms with van der Waals surface area (Å²) in [5, 5.41) is 2.41. The number of fused-ring (bicyclic) bond motifs is 1. The number of hydrogen-bond acceptors (Lipinski definition) is 6. The molecule has 2 N–H and O–H groups in total. The van der Waals surface area contributed by atoms with Crippen molar-refractivity contribution in [2.75, 3.05) is 11.9 Å². The molecule has 0 bridgehead atoms. The van der Waals surface area contributed by atoms with Gasteiger partial charge in [0.15, 0.2) is 11.2 Å². The maximum atomic E-state index is 12.1. The van der Waals surface area contributed by atoms with Crippen LogP contribution in [0.1, 0.15) is 26.7 Å². The van der Waals surface area contributed by atoms with Gasteiger partial charge in [0.2, 0.25) is 11.9 Å². The number of H-pyrrole nitrogens is 1. The van der Waals surface area contributed by atoms with Gasteiger partial charge in [0.25, 0.3) is 5.56 Å². The molecule has 0 saturated carbocycles. The highest BCUT2D eigenvalue weighted by molar-refractivity contribution is 5.87. The first kappa shape index (κ1) is 15.7. The summed E-state index contributed by atoms with van der Waals surface area (Å²) in [6, 6.07) is 0. The van der Waals surface area contributed by atoms with Crippen LogP contribution in [0.3, 0.4) is 0 Å². The number of amides is 1. The van der Waals surface area contributed by atoms with Crippen LogP contribution in [0.25, 0.3) is 11.2 Å². The fourth-order valence-corrected chi connectivity index (χ4v) is 1.98. The quantitative estimate of drug-likeness (QED) is 0.589. The minimum atomic E-state index is -0.369. The van der Waals surface area contributed by atoms with E-state index in [1.54, 1.807) is 4.57 Å². The fraction of sp³-hybridized carbons (Fsp3) is 0.462. The molecule has 0 aliphatic heterocycles. The van der Waals surface area contributed by atoms with E-state index >= 15 is 0 Å². The van der Waals surface area contributed by atoms with Crippen molar-refractivity contribution < 1.29 is 14.3 Å². The number of imidazole rings is 1. The molecular formula is C13H17N5O4. The molecule has 0 saturated heterocycles. The van der Waals surface area contributed by atoms with Crippen molar-refractivity contribution in [1.29, 1.82) is 0 Å². The van der Waals surface area contributed by atoms with Crippen molar-refractivity contribution in [3.05, 3.63) is 16.7 Å². The van der Waals surface area contributed by atoms with Crippen LogP contribution in [0.2, 0.25) is 0 Å². The van der Waals surface area contributed by atoms with Crippen LogP contribution in [-0.2, 0) is 20.9 Å². The van der Waals surface area contributed by atoms with Crippen LogP contribution in [-0.4, -0.2) is 38.0 Å². The number of carbonyl (C=O) groups is 2. The Morgan fingerprint density at radius 1 is 1.36 bits per heavy atom. The Labute approximate surface area is 125 Å². The van der Waals surface area contributed by atoms with Gasteiger partial charge in [0.1, 0.15) is 0 Å². The van der Waals surface area contributed by atoms with E-state index in [9.17, 15) is 14.4 Å². The van der Waals surface area contributed by atoms with Crippen molar-refractivity contribution >= 4 is 29.0 Å². The number of nitrogens with zero attached hydrogens (tertiary/aromatic N) is 3. The zero-order valence-corrected chi connectivity index (χ0v) is 12.4. The van der Waals surface area contributed by atoms with Gasteiger partial charge < -0.3 is 9.30 Å². The lowest BCUT2D eigenvalue weighted by atomic mass is 10.3. The molecule has 0 aromatic carbocycles. The van der Waals surface area contributed by atoms with Gasteiger partial charge in [-0.1, -0.05) is 0 Å². The van der Waals surface area contributed by atoms with E-state index in [1.165, 1.54) is 20.2 Å². The van der Waals surface area contributed by atoms with Gasteiger partial charge in [-0.15, -0.1) is 0 Å². The summed E-state index contributed by atoms with van der Waals surface area (Å²) in [6.45, 7) is 3.60. The second-order valence-corrected chi connectivity index (χ2v) is 4.75. The minimum Gasteiger partial charge on any atom is -0.466 e. The summed E-state index contributed by atoms with van der Waals surface area (Å²) in [7, 11) is 0. The number of unbranched alkanes of at least 4 members (excludes halogenated alkanes) is 1. The van der Waals surface area contributed by atoms with E-state index in [2.05, 4.69) is 20.3 Å². The number of aromatic nitrogens is 4. The molecule has 0 aliphatic rings. The molecule has 0 atom stereocenters. The number of hydrogen-bond donors (Lipinski definition) is 2. The fourth-order valence-electron chi connectivity index (χ4n) is 1.98. The zero-order chi connectivity index (χ0) is 16.1. The van der Waals surface area contributed by atoms with Gasteiger partial charge in [0.05, 0.1) is 12.9 Å². The van der Waals surface area contributed by atoms with E-state index in [0.29, 0.717) is 25.1 Å². The van der Waals surface area contributed by atoms with Gasteiger partial charge in [-0.2, -0.15) is 4.98 Å². The second kappa shape index (κ2) is 6.83. The average Bonchev–Trinajstić information content (AvgIpc) is 2.80. The highest BCUT2D eigenvalue weighted by atomic mass is 16.5. The third-order valence-corrected chi connectivity index (χ3v) is 2.88. The average molecular weight is 307 g/mol. The maximum Gasteiger partial charge on any atom is 0.302 e. The SMILES string of the molecule is CC(=O)Nc1nc2ncn(CCCCOC(C)=O)c2c(=O)[nH]1. The monoisotopic (exact) mass is 307 g/mol. The summed E-state index contributed by atoms with van der Waals surface area (Å²) in [5.74, 6) is -0.559. The molecule has 0 spiro atoms. The molecule has 9 heteroatoms. The number of ether oxygens (including phenoxy) is 1. The number of aryl methyl sites for hydroxylation is 1. The summed E-state index contributed by atoms with van der Waals surface area (Å²) >= 11 is 0. The number of carbonyl (C=O) groups excluding carboxylic acids is 2. The predicted octanol–water partition coefficient (Wildman–Crippen LogP) is 0.421. The number of esters is 1. The van der Waals surface area contributed by atoms with Crippen molar-refractivity contribution in [2.24, 2.45) is 0 Å². The molecule has 2 aromatic rings. The first-order chi connectivity index (χ1) is 10.5. The Morgan fingerprint density at radius 2 is 2.14 bits per heavy atom. The molecule has 0 unspecified atom stereocenters.